The molecule has 0 N–H and O–H groups in total. The van der Waals surface area contributed by atoms with Crippen LogP contribution in [0.15, 0.2) is 36.4 Å². The van der Waals surface area contributed by atoms with Crippen molar-refractivity contribution in [1.29, 1.82) is 0 Å². The molecule has 0 saturated heterocycles. The van der Waals surface area contributed by atoms with Crippen molar-refractivity contribution >= 4 is 45.8 Å². The van der Waals surface area contributed by atoms with Gasteiger partial charge in [0.05, 0.1) is 33.2 Å². The summed E-state index contributed by atoms with van der Waals surface area (Å²) in [5.74, 6) is 0. The minimum atomic E-state index is -4.40. The van der Waals surface area contributed by atoms with Crippen LogP contribution in [-0.2, 0) is 12.7 Å². The van der Waals surface area contributed by atoms with E-state index in [1.165, 1.54) is 6.07 Å². The number of imidazole rings is 1. The van der Waals surface area contributed by atoms with E-state index >= 15 is 0 Å². The number of aromatic nitrogens is 2. The molecular formula is C15H8Cl3F3N2. The van der Waals surface area contributed by atoms with Gasteiger partial charge in [0, 0.05) is 0 Å². The van der Waals surface area contributed by atoms with Crippen LogP contribution < -0.4 is 0 Å². The zero-order valence-electron chi connectivity index (χ0n) is 11.3. The van der Waals surface area contributed by atoms with Crippen LogP contribution in [0.4, 0.5) is 13.2 Å². The lowest BCUT2D eigenvalue weighted by Crippen LogP contribution is -2.07. The molecule has 23 heavy (non-hydrogen) atoms. The van der Waals surface area contributed by atoms with Crippen LogP contribution in [-0.4, -0.2) is 9.55 Å². The molecule has 2 nitrogen and oxygen atoms in total. The predicted molar refractivity (Wildman–Crippen MR) is 85.3 cm³/mol. The molecule has 0 aliphatic rings. The molecule has 0 atom stereocenters. The molecule has 0 aliphatic heterocycles. The summed E-state index contributed by atoms with van der Waals surface area (Å²) in [6.07, 6.45) is -4.40. The van der Waals surface area contributed by atoms with Crippen LogP contribution in [0.5, 0.6) is 0 Å². The van der Waals surface area contributed by atoms with Gasteiger partial charge in [0.25, 0.3) is 0 Å². The first-order valence-corrected chi connectivity index (χ1v) is 7.56. The minimum Gasteiger partial charge on any atom is -0.310 e. The fourth-order valence-electron chi connectivity index (χ4n) is 2.27. The van der Waals surface area contributed by atoms with Gasteiger partial charge in [-0.25, -0.2) is 4.98 Å². The Morgan fingerprint density at radius 3 is 2.39 bits per heavy atom. The second-order valence-electron chi connectivity index (χ2n) is 4.92. The molecule has 1 aromatic heterocycles. The van der Waals surface area contributed by atoms with Gasteiger partial charge in [-0.3, -0.25) is 0 Å². The van der Waals surface area contributed by atoms with Gasteiger partial charge in [0.15, 0.2) is 0 Å². The quantitative estimate of drug-likeness (QED) is 0.529. The van der Waals surface area contributed by atoms with Gasteiger partial charge in [-0.05, 0) is 41.4 Å². The number of halogens is 6. The van der Waals surface area contributed by atoms with Gasteiger partial charge < -0.3 is 4.57 Å². The predicted octanol–water partition coefficient (Wildman–Crippen LogP) is 6.06. The topological polar surface area (TPSA) is 17.8 Å². The van der Waals surface area contributed by atoms with E-state index < -0.39 is 11.7 Å². The van der Waals surface area contributed by atoms with Crippen LogP contribution >= 0.6 is 34.8 Å². The summed E-state index contributed by atoms with van der Waals surface area (Å²) in [5.41, 5.74) is 0.863. The third-order valence-corrected chi connectivity index (χ3v) is 4.35. The zero-order chi connectivity index (χ0) is 16.8. The van der Waals surface area contributed by atoms with Gasteiger partial charge >= 0.3 is 6.18 Å². The highest BCUT2D eigenvalue weighted by atomic mass is 35.5. The van der Waals surface area contributed by atoms with Gasteiger partial charge in [0.2, 0.25) is 5.28 Å². The van der Waals surface area contributed by atoms with E-state index in [-0.39, 0.29) is 11.8 Å². The Morgan fingerprint density at radius 1 is 1.00 bits per heavy atom. The molecule has 0 amide bonds. The highest BCUT2D eigenvalue weighted by Gasteiger charge is 2.30. The summed E-state index contributed by atoms with van der Waals surface area (Å²) in [5, 5.41) is 0.802. The number of hydrogen-bond donors (Lipinski definition) is 0. The first kappa shape index (κ1) is 16.4. The van der Waals surface area contributed by atoms with Crippen LogP contribution in [0.1, 0.15) is 11.1 Å². The maximum atomic E-state index is 12.8. The Kier molecular flexibility index (Phi) is 4.21. The van der Waals surface area contributed by atoms with E-state index in [1.807, 2.05) is 0 Å². The number of hydrogen-bond acceptors (Lipinski definition) is 1. The molecule has 120 valence electrons. The molecule has 3 rings (SSSR count). The second-order valence-corrected chi connectivity index (χ2v) is 6.07. The standard InChI is InChI=1S/C15H8Cl3F3N2/c16-10-5-12-13(6-11(10)17)23(14(18)22-12)7-8-2-1-3-9(4-8)15(19,20)21/h1-6H,7H2. The van der Waals surface area contributed by atoms with Crippen LogP contribution in [0.25, 0.3) is 11.0 Å². The molecule has 0 saturated carbocycles. The average Bonchev–Trinajstić information content (AvgIpc) is 2.75. The summed E-state index contributed by atoms with van der Waals surface area (Å²) >= 11 is 18.0. The van der Waals surface area contributed by atoms with E-state index in [1.54, 1.807) is 22.8 Å². The maximum absolute atomic E-state index is 12.8. The van der Waals surface area contributed by atoms with Crippen LogP contribution in [0.3, 0.4) is 0 Å². The van der Waals surface area contributed by atoms with E-state index in [2.05, 4.69) is 4.98 Å². The third-order valence-electron chi connectivity index (χ3n) is 3.34. The van der Waals surface area contributed by atoms with Crippen molar-refractivity contribution in [3.63, 3.8) is 0 Å². The molecule has 8 heteroatoms. The third kappa shape index (κ3) is 3.27. The van der Waals surface area contributed by atoms with Crippen LogP contribution in [0.2, 0.25) is 15.3 Å². The Morgan fingerprint density at radius 2 is 1.70 bits per heavy atom. The summed E-state index contributed by atoms with van der Waals surface area (Å²) in [6.45, 7) is 0.136. The Balaban J connectivity index is 2.05. The number of nitrogens with zero attached hydrogens (tertiary/aromatic N) is 2. The lowest BCUT2D eigenvalue weighted by molar-refractivity contribution is -0.137. The molecule has 2 aromatic carbocycles. The fourth-order valence-corrected chi connectivity index (χ4v) is 2.83. The van der Waals surface area contributed by atoms with Gasteiger partial charge in [0.1, 0.15) is 0 Å². The van der Waals surface area contributed by atoms with Gasteiger partial charge in [-0.1, -0.05) is 35.3 Å². The normalized spacial score (nSPS) is 12.1. The van der Waals surface area contributed by atoms with Gasteiger partial charge in [-0.2, -0.15) is 13.2 Å². The van der Waals surface area contributed by atoms with E-state index in [9.17, 15) is 13.2 Å². The molecule has 0 aliphatic carbocycles. The van der Waals surface area contributed by atoms with Crippen LogP contribution in [0, 0.1) is 0 Å². The lowest BCUT2D eigenvalue weighted by Gasteiger charge is -2.10. The summed E-state index contributed by atoms with van der Waals surface area (Å²) in [4.78, 5) is 4.15. The second kappa shape index (κ2) is 5.89. The average molecular weight is 380 g/mol. The first-order valence-electron chi connectivity index (χ1n) is 6.42. The molecule has 0 radical (unpaired) electrons. The molecule has 0 unspecified atom stereocenters. The van der Waals surface area contributed by atoms with E-state index in [4.69, 9.17) is 34.8 Å². The summed E-state index contributed by atoms with van der Waals surface area (Å²) in [6, 6.07) is 8.21. The summed E-state index contributed by atoms with van der Waals surface area (Å²) < 4.78 is 40.0. The van der Waals surface area contributed by atoms with Crippen molar-refractivity contribution in [1.82, 2.24) is 9.55 Å². The van der Waals surface area contributed by atoms with Crippen molar-refractivity contribution in [2.24, 2.45) is 0 Å². The molecule has 0 fully saturated rings. The van der Waals surface area contributed by atoms with Crippen molar-refractivity contribution < 1.29 is 13.2 Å². The highest BCUT2D eigenvalue weighted by Crippen LogP contribution is 2.32. The van der Waals surface area contributed by atoms with E-state index in [0.717, 1.165) is 12.1 Å². The number of alkyl halides is 3. The Labute approximate surface area is 144 Å². The maximum Gasteiger partial charge on any atom is 0.416 e. The van der Waals surface area contributed by atoms with E-state index in [0.29, 0.717) is 26.6 Å². The van der Waals surface area contributed by atoms with Crippen molar-refractivity contribution in [3.05, 3.63) is 62.9 Å². The van der Waals surface area contributed by atoms with Crippen molar-refractivity contribution in [3.8, 4) is 0 Å². The van der Waals surface area contributed by atoms with Crippen molar-refractivity contribution in [2.45, 2.75) is 12.7 Å². The first-order chi connectivity index (χ1) is 10.8. The smallest absolute Gasteiger partial charge is 0.310 e. The van der Waals surface area contributed by atoms with Crippen molar-refractivity contribution in [2.75, 3.05) is 0 Å². The lowest BCUT2D eigenvalue weighted by atomic mass is 10.1. The molecule has 3 aromatic rings. The largest absolute Gasteiger partial charge is 0.416 e. The zero-order valence-corrected chi connectivity index (χ0v) is 13.6. The minimum absolute atomic E-state index is 0.136. The molecular weight excluding hydrogens is 372 g/mol. The number of benzene rings is 2. The summed E-state index contributed by atoms with van der Waals surface area (Å²) in [7, 11) is 0. The number of fused-ring (bicyclic) bond motifs is 1. The SMILES string of the molecule is FC(F)(F)c1cccc(Cn2c(Cl)nc3cc(Cl)c(Cl)cc32)c1. The Hall–Kier alpha value is -1.43. The molecule has 0 bridgehead atoms. The highest BCUT2D eigenvalue weighted by molar-refractivity contribution is 6.42. The van der Waals surface area contributed by atoms with Gasteiger partial charge in [-0.15, -0.1) is 0 Å². The monoisotopic (exact) mass is 378 g/mol. The number of rotatable bonds is 2. The Bertz CT molecular complexity index is 888. The molecule has 0 spiro atoms. The molecule has 1 heterocycles. The fraction of sp³-hybridized carbons (Fsp3) is 0.133.